The Hall–Kier alpha value is -0.610. The number of carbonyl (C=O) groups is 1. The van der Waals surface area contributed by atoms with Gasteiger partial charge in [0.05, 0.1) is 0 Å². The lowest BCUT2D eigenvalue weighted by Crippen LogP contribution is -2.46. The van der Waals surface area contributed by atoms with Crippen molar-refractivity contribution in [2.45, 2.75) is 58.0 Å². The van der Waals surface area contributed by atoms with Crippen LogP contribution in [0.25, 0.3) is 0 Å². The summed E-state index contributed by atoms with van der Waals surface area (Å²) in [5, 5.41) is 0. The Morgan fingerprint density at radius 2 is 2.10 bits per heavy atom. The Morgan fingerprint density at radius 3 is 2.75 bits per heavy atom. The maximum Gasteiger partial charge on any atom is 0.225 e. The maximum absolute atomic E-state index is 12.6. The van der Waals surface area contributed by atoms with Gasteiger partial charge in [-0.2, -0.15) is 0 Å². The quantitative estimate of drug-likeness (QED) is 0.853. The predicted molar refractivity (Wildman–Crippen MR) is 82.4 cm³/mol. The molecule has 2 fully saturated rings. The van der Waals surface area contributed by atoms with Crippen LogP contribution in [0.15, 0.2) is 0 Å². The number of likely N-dealkylation sites (tertiary alicyclic amines) is 1. The first-order valence-corrected chi connectivity index (χ1v) is 8.27. The summed E-state index contributed by atoms with van der Waals surface area (Å²) in [6, 6.07) is 0.759. The number of nitrogens with zero attached hydrogens (tertiary/aromatic N) is 2. The molecule has 1 aliphatic heterocycles. The van der Waals surface area contributed by atoms with Gasteiger partial charge in [0.1, 0.15) is 0 Å². The third-order valence-corrected chi connectivity index (χ3v) is 5.37. The highest BCUT2D eigenvalue weighted by Gasteiger charge is 2.33. The van der Waals surface area contributed by atoms with Crippen LogP contribution in [-0.4, -0.2) is 54.5 Å². The van der Waals surface area contributed by atoms with Gasteiger partial charge in [0, 0.05) is 31.6 Å². The van der Waals surface area contributed by atoms with Gasteiger partial charge < -0.3 is 10.6 Å². The van der Waals surface area contributed by atoms with Crippen molar-refractivity contribution in [2.24, 2.45) is 17.6 Å². The van der Waals surface area contributed by atoms with Crippen LogP contribution in [0.1, 0.15) is 46.0 Å². The molecule has 2 N–H and O–H groups in total. The molecule has 4 nitrogen and oxygen atoms in total. The van der Waals surface area contributed by atoms with Gasteiger partial charge in [-0.25, -0.2) is 0 Å². The minimum absolute atomic E-state index is 0.155. The van der Waals surface area contributed by atoms with E-state index in [0.717, 1.165) is 32.4 Å². The van der Waals surface area contributed by atoms with Crippen molar-refractivity contribution in [3.63, 3.8) is 0 Å². The molecular weight excluding hydrogens is 250 g/mol. The molecule has 0 radical (unpaired) electrons. The number of carbonyl (C=O) groups excluding carboxylic acids is 1. The van der Waals surface area contributed by atoms with E-state index >= 15 is 0 Å². The number of nitrogens with two attached hydrogens (primary N) is 1. The summed E-state index contributed by atoms with van der Waals surface area (Å²) in [4.78, 5) is 17.0. The van der Waals surface area contributed by atoms with Crippen molar-refractivity contribution in [3.05, 3.63) is 0 Å². The lowest BCUT2D eigenvalue weighted by Gasteiger charge is -2.35. The summed E-state index contributed by atoms with van der Waals surface area (Å²) in [5.41, 5.74) is 6.13. The third-order valence-electron chi connectivity index (χ3n) is 5.37. The number of amides is 1. The molecule has 20 heavy (non-hydrogen) atoms. The fourth-order valence-electron chi connectivity index (χ4n) is 3.82. The highest BCUT2D eigenvalue weighted by molar-refractivity contribution is 5.78. The molecular formula is C16H31N3O. The molecule has 0 bridgehead atoms. The van der Waals surface area contributed by atoms with Gasteiger partial charge in [0.15, 0.2) is 0 Å². The molecule has 0 aromatic rings. The van der Waals surface area contributed by atoms with Crippen LogP contribution in [0.3, 0.4) is 0 Å². The standard InChI is InChI=1S/C16H31N3O/c1-4-19-9-5-6-14(19)11-18(3)16(20)13-8-7-12(2)15(17)10-13/h12-15H,4-11,17H2,1-3H3. The van der Waals surface area contributed by atoms with E-state index in [1.807, 2.05) is 11.9 Å². The monoisotopic (exact) mass is 281 g/mol. The molecule has 2 aliphatic rings. The first-order chi connectivity index (χ1) is 9.52. The normalized spacial score (nSPS) is 35.2. The molecule has 1 aliphatic carbocycles. The first kappa shape index (κ1) is 15.8. The molecule has 0 aromatic carbocycles. The largest absolute Gasteiger partial charge is 0.344 e. The summed E-state index contributed by atoms with van der Waals surface area (Å²) in [6.07, 6.45) is 5.47. The van der Waals surface area contributed by atoms with Crippen LogP contribution in [0.5, 0.6) is 0 Å². The fourth-order valence-corrected chi connectivity index (χ4v) is 3.82. The average Bonchev–Trinajstić information content (AvgIpc) is 2.88. The smallest absolute Gasteiger partial charge is 0.225 e. The number of likely N-dealkylation sites (N-methyl/N-ethyl adjacent to an activating group) is 2. The fraction of sp³-hybridized carbons (Fsp3) is 0.938. The van der Waals surface area contributed by atoms with Gasteiger partial charge in [-0.05, 0) is 51.1 Å². The van der Waals surface area contributed by atoms with E-state index < -0.39 is 0 Å². The van der Waals surface area contributed by atoms with Crippen molar-refractivity contribution < 1.29 is 4.79 Å². The molecule has 4 heteroatoms. The van der Waals surface area contributed by atoms with Crippen molar-refractivity contribution in [1.29, 1.82) is 0 Å². The molecule has 0 aromatic heterocycles. The number of hydrogen-bond donors (Lipinski definition) is 1. The van der Waals surface area contributed by atoms with E-state index in [2.05, 4.69) is 18.7 Å². The van der Waals surface area contributed by atoms with E-state index in [0.29, 0.717) is 17.9 Å². The summed E-state index contributed by atoms with van der Waals surface area (Å²) in [6.45, 7) is 7.58. The summed E-state index contributed by atoms with van der Waals surface area (Å²) in [5.74, 6) is 1.03. The van der Waals surface area contributed by atoms with E-state index in [4.69, 9.17) is 5.73 Å². The van der Waals surface area contributed by atoms with E-state index in [-0.39, 0.29) is 12.0 Å². The highest BCUT2D eigenvalue weighted by atomic mass is 16.2. The minimum Gasteiger partial charge on any atom is -0.344 e. The van der Waals surface area contributed by atoms with E-state index in [1.54, 1.807) is 0 Å². The Kier molecular flexibility index (Phi) is 5.44. The summed E-state index contributed by atoms with van der Waals surface area (Å²) >= 11 is 0. The van der Waals surface area contributed by atoms with Crippen LogP contribution in [0.2, 0.25) is 0 Å². The molecule has 0 spiro atoms. The van der Waals surface area contributed by atoms with Gasteiger partial charge in [-0.1, -0.05) is 13.8 Å². The van der Waals surface area contributed by atoms with Crippen molar-refractivity contribution in [2.75, 3.05) is 26.7 Å². The van der Waals surface area contributed by atoms with Crippen molar-refractivity contribution >= 4 is 5.91 Å². The summed E-state index contributed by atoms with van der Waals surface area (Å²) in [7, 11) is 1.97. The molecule has 116 valence electrons. The maximum atomic E-state index is 12.6. The first-order valence-electron chi connectivity index (χ1n) is 8.27. The number of hydrogen-bond acceptors (Lipinski definition) is 3. The SMILES string of the molecule is CCN1CCCC1CN(C)C(=O)C1CCC(C)C(N)C1. The minimum atomic E-state index is 0.155. The Labute approximate surface area is 123 Å². The highest BCUT2D eigenvalue weighted by Crippen LogP contribution is 2.29. The lowest BCUT2D eigenvalue weighted by atomic mass is 9.79. The van der Waals surface area contributed by atoms with Gasteiger partial charge in [0.2, 0.25) is 5.91 Å². The summed E-state index contributed by atoms with van der Waals surface area (Å²) < 4.78 is 0. The van der Waals surface area contributed by atoms with Crippen LogP contribution >= 0.6 is 0 Å². The number of rotatable bonds is 4. The predicted octanol–water partition coefficient (Wildman–Crippen LogP) is 1.69. The Bertz CT molecular complexity index is 334. The zero-order valence-electron chi connectivity index (χ0n) is 13.3. The van der Waals surface area contributed by atoms with Gasteiger partial charge in [-0.15, -0.1) is 0 Å². The van der Waals surface area contributed by atoms with Crippen LogP contribution < -0.4 is 5.73 Å². The van der Waals surface area contributed by atoms with Crippen LogP contribution in [0, 0.1) is 11.8 Å². The second-order valence-corrected chi connectivity index (χ2v) is 6.79. The second kappa shape index (κ2) is 6.90. The molecule has 1 saturated heterocycles. The van der Waals surface area contributed by atoms with Crippen LogP contribution in [-0.2, 0) is 4.79 Å². The Balaban J connectivity index is 1.85. The van der Waals surface area contributed by atoms with Crippen molar-refractivity contribution in [1.82, 2.24) is 9.80 Å². The molecule has 1 amide bonds. The van der Waals surface area contributed by atoms with Gasteiger partial charge in [0.25, 0.3) is 0 Å². The molecule has 4 unspecified atom stereocenters. The zero-order valence-corrected chi connectivity index (χ0v) is 13.3. The molecule has 4 atom stereocenters. The van der Waals surface area contributed by atoms with Gasteiger partial charge in [-0.3, -0.25) is 9.69 Å². The Morgan fingerprint density at radius 1 is 1.35 bits per heavy atom. The van der Waals surface area contributed by atoms with Gasteiger partial charge >= 0.3 is 0 Å². The van der Waals surface area contributed by atoms with Crippen molar-refractivity contribution in [3.8, 4) is 0 Å². The third kappa shape index (κ3) is 3.53. The van der Waals surface area contributed by atoms with E-state index in [1.165, 1.54) is 19.4 Å². The topological polar surface area (TPSA) is 49.6 Å². The molecule has 1 saturated carbocycles. The zero-order chi connectivity index (χ0) is 14.7. The average molecular weight is 281 g/mol. The second-order valence-electron chi connectivity index (χ2n) is 6.79. The molecule has 1 heterocycles. The van der Waals surface area contributed by atoms with E-state index in [9.17, 15) is 4.79 Å². The molecule has 2 rings (SSSR count). The van der Waals surface area contributed by atoms with Crippen LogP contribution in [0.4, 0.5) is 0 Å². The lowest BCUT2D eigenvalue weighted by molar-refractivity contribution is -0.136.